The minimum absolute atomic E-state index is 0.0978. The van der Waals surface area contributed by atoms with Gasteiger partial charge in [0.2, 0.25) is 5.82 Å². The Balaban J connectivity index is 1.51. The van der Waals surface area contributed by atoms with Crippen LogP contribution in [-0.2, 0) is 0 Å². The molecule has 7 heteroatoms. The summed E-state index contributed by atoms with van der Waals surface area (Å²) in [6.07, 6.45) is 2.61. The third-order valence-corrected chi connectivity index (χ3v) is 5.03. The SMILES string of the molecule is Cc1nc(C(=O)N2CCN(C3CC3)CC2)nn1-c1ccccc1Cl. The fourth-order valence-corrected chi connectivity index (χ4v) is 3.42. The van der Waals surface area contributed by atoms with Crippen LogP contribution >= 0.6 is 11.6 Å². The topological polar surface area (TPSA) is 54.3 Å². The van der Waals surface area contributed by atoms with Crippen LogP contribution in [0.4, 0.5) is 0 Å². The van der Waals surface area contributed by atoms with Crippen LogP contribution in [0, 0.1) is 6.92 Å². The highest BCUT2D eigenvalue weighted by Gasteiger charge is 2.33. The molecule has 1 amide bonds. The second-order valence-electron chi connectivity index (χ2n) is 6.41. The summed E-state index contributed by atoms with van der Waals surface area (Å²) in [7, 11) is 0. The van der Waals surface area contributed by atoms with Gasteiger partial charge < -0.3 is 4.90 Å². The third kappa shape index (κ3) is 2.91. The van der Waals surface area contributed by atoms with E-state index in [1.165, 1.54) is 12.8 Å². The van der Waals surface area contributed by atoms with Crippen molar-refractivity contribution in [3.63, 3.8) is 0 Å². The Kier molecular flexibility index (Phi) is 4.02. The monoisotopic (exact) mass is 345 g/mol. The predicted octanol–water partition coefficient (Wildman–Crippen LogP) is 2.15. The van der Waals surface area contributed by atoms with E-state index in [2.05, 4.69) is 15.0 Å². The number of hydrogen-bond acceptors (Lipinski definition) is 4. The highest BCUT2D eigenvalue weighted by Crippen LogP contribution is 2.27. The van der Waals surface area contributed by atoms with Crippen molar-refractivity contribution in [1.82, 2.24) is 24.6 Å². The lowest BCUT2D eigenvalue weighted by Gasteiger charge is -2.34. The molecule has 0 unspecified atom stereocenters. The van der Waals surface area contributed by atoms with Gasteiger partial charge in [-0.15, -0.1) is 5.10 Å². The van der Waals surface area contributed by atoms with Gasteiger partial charge in [0.1, 0.15) is 5.82 Å². The molecule has 1 saturated carbocycles. The number of piperazine rings is 1. The standard InChI is InChI=1S/C17H20ClN5O/c1-12-19-16(20-23(12)15-5-3-2-4-14(15)18)17(24)22-10-8-21(9-11-22)13-6-7-13/h2-5,13H,6-11H2,1H3. The maximum atomic E-state index is 12.7. The highest BCUT2D eigenvalue weighted by atomic mass is 35.5. The van der Waals surface area contributed by atoms with Gasteiger partial charge in [0.15, 0.2) is 0 Å². The van der Waals surface area contributed by atoms with Crippen molar-refractivity contribution in [2.24, 2.45) is 0 Å². The number of hydrogen-bond donors (Lipinski definition) is 0. The number of halogens is 1. The zero-order chi connectivity index (χ0) is 16.7. The van der Waals surface area contributed by atoms with E-state index in [4.69, 9.17) is 11.6 Å². The molecule has 1 aliphatic carbocycles. The van der Waals surface area contributed by atoms with Crippen molar-refractivity contribution < 1.29 is 4.79 Å². The van der Waals surface area contributed by atoms with E-state index in [9.17, 15) is 4.79 Å². The molecule has 0 radical (unpaired) electrons. The summed E-state index contributed by atoms with van der Waals surface area (Å²) in [5.74, 6) is 0.801. The number of carbonyl (C=O) groups excluding carboxylic acids is 1. The molecule has 1 aromatic carbocycles. The lowest BCUT2D eigenvalue weighted by molar-refractivity contribution is 0.0615. The number of nitrogens with zero attached hydrogens (tertiary/aromatic N) is 5. The predicted molar refractivity (Wildman–Crippen MR) is 91.6 cm³/mol. The second kappa shape index (κ2) is 6.18. The molecule has 126 valence electrons. The van der Waals surface area contributed by atoms with Gasteiger partial charge in [-0.2, -0.15) is 0 Å². The normalized spacial score (nSPS) is 18.8. The molecule has 4 rings (SSSR count). The lowest BCUT2D eigenvalue weighted by Crippen LogP contribution is -2.49. The van der Waals surface area contributed by atoms with E-state index in [0.717, 1.165) is 37.9 Å². The molecule has 0 N–H and O–H groups in total. The third-order valence-electron chi connectivity index (χ3n) is 4.71. The number of aryl methyl sites for hydroxylation is 1. The molecule has 24 heavy (non-hydrogen) atoms. The maximum Gasteiger partial charge on any atom is 0.293 e. The van der Waals surface area contributed by atoms with Gasteiger partial charge >= 0.3 is 0 Å². The minimum Gasteiger partial charge on any atom is -0.333 e. The molecular formula is C17H20ClN5O. The van der Waals surface area contributed by atoms with E-state index in [0.29, 0.717) is 10.8 Å². The average molecular weight is 346 g/mol. The second-order valence-corrected chi connectivity index (χ2v) is 6.81. The highest BCUT2D eigenvalue weighted by molar-refractivity contribution is 6.32. The number of carbonyl (C=O) groups is 1. The first-order valence-corrected chi connectivity index (χ1v) is 8.73. The first kappa shape index (κ1) is 15.6. The Bertz CT molecular complexity index is 762. The molecule has 0 spiro atoms. The smallest absolute Gasteiger partial charge is 0.293 e. The van der Waals surface area contributed by atoms with Crippen LogP contribution in [0.5, 0.6) is 0 Å². The summed E-state index contributed by atoms with van der Waals surface area (Å²) in [6.45, 7) is 5.21. The fourth-order valence-electron chi connectivity index (χ4n) is 3.20. The number of rotatable bonds is 3. The molecule has 2 aliphatic rings. The summed E-state index contributed by atoms with van der Waals surface area (Å²) < 4.78 is 1.63. The molecule has 1 aliphatic heterocycles. The van der Waals surface area contributed by atoms with Crippen molar-refractivity contribution >= 4 is 17.5 Å². The zero-order valence-electron chi connectivity index (χ0n) is 13.7. The van der Waals surface area contributed by atoms with Gasteiger partial charge in [-0.3, -0.25) is 9.69 Å². The van der Waals surface area contributed by atoms with Crippen LogP contribution in [0.15, 0.2) is 24.3 Å². The van der Waals surface area contributed by atoms with Crippen molar-refractivity contribution in [2.75, 3.05) is 26.2 Å². The van der Waals surface area contributed by atoms with E-state index in [1.807, 2.05) is 30.0 Å². The first-order chi connectivity index (χ1) is 11.6. The summed E-state index contributed by atoms with van der Waals surface area (Å²) in [6, 6.07) is 8.18. The Hall–Kier alpha value is -1.92. The zero-order valence-corrected chi connectivity index (χ0v) is 14.4. The molecule has 1 saturated heterocycles. The van der Waals surface area contributed by atoms with E-state index in [1.54, 1.807) is 10.7 Å². The van der Waals surface area contributed by atoms with Crippen molar-refractivity contribution in [3.8, 4) is 5.69 Å². The summed E-state index contributed by atoms with van der Waals surface area (Å²) in [5.41, 5.74) is 0.738. The van der Waals surface area contributed by atoms with Crippen molar-refractivity contribution in [2.45, 2.75) is 25.8 Å². The average Bonchev–Trinajstić information content (AvgIpc) is 3.38. The molecular weight excluding hydrogens is 326 g/mol. The van der Waals surface area contributed by atoms with Gasteiger partial charge in [-0.1, -0.05) is 23.7 Å². The summed E-state index contributed by atoms with van der Waals surface area (Å²) >= 11 is 6.23. The minimum atomic E-state index is -0.0978. The maximum absolute atomic E-state index is 12.7. The van der Waals surface area contributed by atoms with Crippen LogP contribution in [0.3, 0.4) is 0 Å². The van der Waals surface area contributed by atoms with E-state index in [-0.39, 0.29) is 11.7 Å². The Morgan fingerprint density at radius 3 is 2.54 bits per heavy atom. The number of para-hydroxylation sites is 1. The number of aromatic nitrogens is 3. The van der Waals surface area contributed by atoms with Crippen molar-refractivity contribution in [3.05, 3.63) is 40.9 Å². The molecule has 0 atom stereocenters. The van der Waals surface area contributed by atoms with Crippen molar-refractivity contribution in [1.29, 1.82) is 0 Å². The molecule has 1 aromatic heterocycles. The van der Waals surface area contributed by atoms with Gasteiger partial charge in [0, 0.05) is 32.2 Å². The largest absolute Gasteiger partial charge is 0.333 e. The van der Waals surface area contributed by atoms with Gasteiger partial charge in [-0.25, -0.2) is 9.67 Å². The van der Waals surface area contributed by atoms with Gasteiger partial charge in [0.05, 0.1) is 10.7 Å². The van der Waals surface area contributed by atoms with E-state index < -0.39 is 0 Å². The molecule has 2 fully saturated rings. The van der Waals surface area contributed by atoms with Crippen LogP contribution in [0.25, 0.3) is 5.69 Å². The Morgan fingerprint density at radius 2 is 1.88 bits per heavy atom. The molecule has 0 bridgehead atoms. The van der Waals surface area contributed by atoms with E-state index >= 15 is 0 Å². The summed E-state index contributed by atoms with van der Waals surface area (Å²) in [4.78, 5) is 21.4. The Morgan fingerprint density at radius 1 is 1.17 bits per heavy atom. The number of amides is 1. The Labute approximate surface area is 146 Å². The molecule has 2 aromatic rings. The van der Waals surface area contributed by atoms with Crippen LogP contribution in [-0.4, -0.2) is 62.7 Å². The van der Waals surface area contributed by atoms with Gasteiger partial charge in [-0.05, 0) is 31.9 Å². The van der Waals surface area contributed by atoms with Crippen LogP contribution < -0.4 is 0 Å². The van der Waals surface area contributed by atoms with Crippen LogP contribution in [0.2, 0.25) is 5.02 Å². The first-order valence-electron chi connectivity index (χ1n) is 8.35. The molecule has 6 nitrogen and oxygen atoms in total. The lowest BCUT2D eigenvalue weighted by atomic mass is 10.3. The molecule has 2 heterocycles. The van der Waals surface area contributed by atoms with Crippen LogP contribution in [0.1, 0.15) is 29.3 Å². The quantitative estimate of drug-likeness (QED) is 0.855. The fraction of sp³-hybridized carbons (Fsp3) is 0.471. The number of benzene rings is 1. The van der Waals surface area contributed by atoms with Gasteiger partial charge in [0.25, 0.3) is 5.91 Å². The summed E-state index contributed by atoms with van der Waals surface area (Å²) in [5, 5.41) is 4.98.